The fourth-order valence-corrected chi connectivity index (χ4v) is 4.24. The first-order valence-electron chi connectivity index (χ1n) is 10.8. The number of amides is 1. The first kappa shape index (κ1) is 20.7. The molecule has 0 saturated carbocycles. The van der Waals surface area contributed by atoms with Gasteiger partial charge in [0.1, 0.15) is 5.02 Å². The number of carbonyl (C=O) groups excluding carboxylic acids is 1. The minimum absolute atomic E-state index is 0.0509. The SMILES string of the molecule is O=C(CC1CCNC1)Nc1ccc2cc1CCc1cncc(c1)Nc1ncc(Cl)c(n1)N2. The molecule has 9 heteroatoms. The number of carbonyl (C=O) groups is 1. The van der Waals surface area contributed by atoms with Gasteiger partial charge in [-0.05, 0) is 73.7 Å². The number of aromatic nitrogens is 3. The van der Waals surface area contributed by atoms with Crippen molar-refractivity contribution in [2.45, 2.75) is 25.7 Å². The number of aryl methyl sites for hydroxylation is 2. The summed E-state index contributed by atoms with van der Waals surface area (Å²) in [4.78, 5) is 25.8. The van der Waals surface area contributed by atoms with E-state index in [1.165, 1.54) is 0 Å². The van der Waals surface area contributed by atoms with Gasteiger partial charge < -0.3 is 21.3 Å². The maximum Gasteiger partial charge on any atom is 0.229 e. The summed E-state index contributed by atoms with van der Waals surface area (Å²) in [6.07, 6.45) is 8.25. The van der Waals surface area contributed by atoms with Crippen LogP contribution in [0.4, 0.5) is 28.8 Å². The quantitative estimate of drug-likeness (QED) is 0.478. The number of benzene rings is 1. The Bertz CT molecular complexity index is 1150. The molecule has 32 heavy (non-hydrogen) atoms. The molecule has 1 saturated heterocycles. The van der Waals surface area contributed by atoms with Gasteiger partial charge in [-0.15, -0.1) is 0 Å². The van der Waals surface area contributed by atoms with Gasteiger partial charge in [0.15, 0.2) is 5.82 Å². The van der Waals surface area contributed by atoms with Crippen LogP contribution in [0, 0.1) is 5.92 Å². The average Bonchev–Trinajstić information content (AvgIpc) is 3.29. The highest BCUT2D eigenvalue weighted by molar-refractivity contribution is 6.32. The minimum atomic E-state index is 0.0509. The van der Waals surface area contributed by atoms with Gasteiger partial charge in [-0.3, -0.25) is 9.78 Å². The van der Waals surface area contributed by atoms with E-state index >= 15 is 0 Å². The Morgan fingerprint density at radius 3 is 2.94 bits per heavy atom. The van der Waals surface area contributed by atoms with E-state index in [-0.39, 0.29) is 5.91 Å². The normalized spacial score (nSPS) is 17.2. The topological polar surface area (TPSA) is 104 Å². The van der Waals surface area contributed by atoms with Gasteiger partial charge in [0, 0.05) is 24.0 Å². The van der Waals surface area contributed by atoms with Gasteiger partial charge in [-0.25, -0.2) is 4.98 Å². The van der Waals surface area contributed by atoms with Crippen LogP contribution in [-0.4, -0.2) is 33.9 Å². The lowest BCUT2D eigenvalue weighted by atomic mass is 10.0. The minimum Gasteiger partial charge on any atom is -0.339 e. The van der Waals surface area contributed by atoms with Crippen LogP contribution < -0.4 is 21.3 Å². The third-order valence-electron chi connectivity index (χ3n) is 5.76. The number of rotatable bonds is 3. The Morgan fingerprint density at radius 1 is 1.12 bits per heavy atom. The second-order valence-corrected chi connectivity index (χ2v) is 8.61. The first-order valence-corrected chi connectivity index (χ1v) is 11.1. The molecule has 4 heterocycles. The molecule has 164 valence electrons. The van der Waals surface area contributed by atoms with E-state index in [0.29, 0.717) is 29.1 Å². The lowest BCUT2D eigenvalue weighted by Gasteiger charge is -2.15. The molecule has 5 rings (SSSR count). The third kappa shape index (κ3) is 4.81. The van der Waals surface area contributed by atoms with Crippen LogP contribution in [0.25, 0.3) is 0 Å². The highest BCUT2D eigenvalue weighted by atomic mass is 35.5. The zero-order valence-electron chi connectivity index (χ0n) is 17.5. The summed E-state index contributed by atoms with van der Waals surface area (Å²) in [5, 5.41) is 13.3. The fraction of sp³-hybridized carbons (Fsp3) is 0.304. The van der Waals surface area contributed by atoms with Gasteiger partial charge in [0.2, 0.25) is 11.9 Å². The van der Waals surface area contributed by atoms with Crippen molar-refractivity contribution in [1.82, 2.24) is 20.3 Å². The highest BCUT2D eigenvalue weighted by Gasteiger charge is 2.19. The molecule has 6 bridgehead atoms. The Morgan fingerprint density at radius 2 is 2.06 bits per heavy atom. The van der Waals surface area contributed by atoms with E-state index < -0.39 is 0 Å². The Balaban J connectivity index is 1.46. The van der Waals surface area contributed by atoms with Gasteiger partial charge in [-0.2, -0.15) is 4.98 Å². The van der Waals surface area contributed by atoms with Crippen molar-refractivity contribution < 1.29 is 4.79 Å². The van der Waals surface area contributed by atoms with Crippen molar-refractivity contribution in [3.8, 4) is 0 Å². The maximum atomic E-state index is 12.7. The van der Waals surface area contributed by atoms with E-state index in [9.17, 15) is 4.79 Å². The summed E-state index contributed by atoms with van der Waals surface area (Å²) < 4.78 is 0. The van der Waals surface area contributed by atoms with Gasteiger partial charge in [0.25, 0.3) is 0 Å². The molecule has 0 aliphatic carbocycles. The van der Waals surface area contributed by atoms with E-state index in [0.717, 1.165) is 60.5 Å². The van der Waals surface area contributed by atoms with Crippen molar-refractivity contribution in [3.63, 3.8) is 0 Å². The second-order valence-electron chi connectivity index (χ2n) is 8.21. The average molecular weight is 450 g/mol. The van der Waals surface area contributed by atoms with Crippen molar-refractivity contribution in [3.05, 3.63) is 59.0 Å². The number of pyridine rings is 1. The number of hydrogen-bond acceptors (Lipinski definition) is 7. The molecule has 3 aromatic rings. The van der Waals surface area contributed by atoms with Crippen molar-refractivity contribution >= 4 is 46.3 Å². The van der Waals surface area contributed by atoms with E-state index in [1.54, 1.807) is 12.4 Å². The Kier molecular flexibility index (Phi) is 5.87. The zero-order chi connectivity index (χ0) is 21.9. The van der Waals surface area contributed by atoms with Crippen LogP contribution in [-0.2, 0) is 17.6 Å². The van der Waals surface area contributed by atoms with Crippen LogP contribution in [0.5, 0.6) is 0 Å². The number of fused-ring (bicyclic) bond motifs is 6. The summed E-state index contributed by atoms with van der Waals surface area (Å²) in [5.74, 6) is 1.39. The molecule has 0 spiro atoms. The second kappa shape index (κ2) is 9.10. The Hall–Kier alpha value is -3.23. The number of anilines is 5. The molecule has 2 aliphatic heterocycles. The highest BCUT2D eigenvalue weighted by Crippen LogP contribution is 2.29. The van der Waals surface area contributed by atoms with Gasteiger partial charge in [0.05, 0.1) is 18.1 Å². The van der Waals surface area contributed by atoms with Crippen LogP contribution in [0.15, 0.2) is 42.9 Å². The van der Waals surface area contributed by atoms with Crippen LogP contribution >= 0.6 is 11.6 Å². The number of nitrogens with one attached hydrogen (secondary N) is 4. The summed E-state index contributed by atoms with van der Waals surface area (Å²) in [6.45, 7) is 1.89. The van der Waals surface area contributed by atoms with Crippen molar-refractivity contribution in [2.75, 3.05) is 29.0 Å². The Labute approximate surface area is 191 Å². The van der Waals surface area contributed by atoms with Crippen molar-refractivity contribution in [2.24, 2.45) is 5.92 Å². The monoisotopic (exact) mass is 449 g/mol. The molecule has 1 atom stereocenters. The number of halogens is 1. The molecule has 0 radical (unpaired) electrons. The molecular formula is C23H24ClN7O. The summed E-state index contributed by atoms with van der Waals surface area (Å²) in [7, 11) is 0. The molecule has 2 aliphatic rings. The molecule has 1 unspecified atom stereocenters. The predicted molar refractivity (Wildman–Crippen MR) is 126 cm³/mol. The lowest BCUT2D eigenvalue weighted by Crippen LogP contribution is -2.19. The predicted octanol–water partition coefficient (Wildman–Crippen LogP) is 4.05. The van der Waals surface area contributed by atoms with Crippen LogP contribution in [0.2, 0.25) is 5.02 Å². The van der Waals surface area contributed by atoms with E-state index in [2.05, 4.69) is 36.2 Å². The van der Waals surface area contributed by atoms with Crippen LogP contribution in [0.3, 0.4) is 0 Å². The molecule has 1 amide bonds. The number of hydrogen-bond donors (Lipinski definition) is 4. The standard InChI is InChI=1S/C23H24ClN7O/c24-19-13-27-23-29-18-7-14(11-26-12-18)1-2-16-9-17(28-22(19)31-23)3-4-20(16)30-21(32)8-15-5-6-25-10-15/h3-4,7,9,11-13,15,25H,1-2,5-6,8,10H2,(H,30,32)(H2,27,28,29,31). The first-order chi connectivity index (χ1) is 15.6. The summed E-state index contributed by atoms with van der Waals surface area (Å²) in [5.41, 5.74) is 4.60. The smallest absolute Gasteiger partial charge is 0.229 e. The van der Waals surface area contributed by atoms with E-state index in [1.807, 2.05) is 30.5 Å². The molecule has 1 aromatic carbocycles. The largest absolute Gasteiger partial charge is 0.339 e. The summed E-state index contributed by atoms with van der Waals surface area (Å²) in [6, 6.07) is 7.92. The maximum absolute atomic E-state index is 12.7. The van der Waals surface area contributed by atoms with Crippen LogP contribution in [0.1, 0.15) is 24.0 Å². The van der Waals surface area contributed by atoms with Gasteiger partial charge >= 0.3 is 0 Å². The molecule has 1 fully saturated rings. The molecule has 4 N–H and O–H groups in total. The molecule has 8 nitrogen and oxygen atoms in total. The zero-order valence-corrected chi connectivity index (χ0v) is 18.2. The molecular weight excluding hydrogens is 426 g/mol. The van der Waals surface area contributed by atoms with Gasteiger partial charge in [-0.1, -0.05) is 11.6 Å². The third-order valence-corrected chi connectivity index (χ3v) is 6.03. The fourth-order valence-electron chi connectivity index (χ4n) is 4.10. The number of nitrogens with zero attached hydrogens (tertiary/aromatic N) is 3. The lowest BCUT2D eigenvalue weighted by molar-refractivity contribution is -0.116. The molecule has 2 aromatic heterocycles. The van der Waals surface area contributed by atoms with E-state index in [4.69, 9.17) is 11.6 Å². The summed E-state index contributed by atoms with van der Waals surface area (Å²) >= 11 is 6.32. The van der Waals surface area contributed by atoms with Crippen molar-refractivity contribution in [1.29, 1.82) is 0 Å².